The highest BCUT2D eigenvalue weighted by Gasteiger charge is 2.12. The van der Waals surface area contributed by atoms with E-state index in [1.165, 1.54) is 12.5 Å². The number of fused-ring (bicyclic) bond motifs is 1. The molecule has 0 fully saturated rings. The van der Waals surface area contributed by atoms with E-state index in [0.29, 0.717) is 27.4 Å². The number of benzene rings is 1. The van der Waals surface area contributed by atoms with Crippen LogP contribution in [0.25, 0.3) is 16.7 Å². The van der Waals surface area contributed by atoms with Crippen molar-refractivity contribution in [1.29, 1.82) is 0 Å². The van der Waals surface area contributed by atoms with Crippen molar-refractivity contribution in [3.8, 4) is 5.69 Å². The van der Waals surface area contributed by atoms with Crippen molar-refractivity contribution in [1.82, 2.24) is 30.2 Å². The van der Waals surface area contributed by atoms with Crippen LogP contribution in [0.1, 0.15) is 10.4 Å². The van der Waals surface area contributed by atoms with Gasteiger partial charge in [0.25, 0.3) is 5.91 Å². The van der Waals surface area contributed by atoms with Gasteiger partial charge in [0.1, 0.15) is 6.33 Å². The summed E-state index contributed by atoms with van der Waals surface area (Å²) in [6.07, 6.45) is 6.09. The first-order valence-corrected chi connectivity index (χ1v) is 8.01. The summed E-state index contributed by atoms with van der Waals surface area (Å²) in [5, 5.41) is 5.60. The largest absolute Gasteiger partial charge is 0.281 e. The van der Waals surface area contributed by atoms with Crippen LogP contribution >= 0.6 is 11.6 Å². The van der Waals surface area contributed by atoms with Crippen LogP contribution in [0.4, 0.5) is 5.82 Å². The standard InChI is InChI=1S/C17H12ClN7O/c18-12-4-1-5-13(7-12)25-16-14(9-22-25)15(20-10-21-16)23-24-17(26)11-3-2-6-19-8-11/h1-10H,(H,24,26)(H,20,21,23). The number of anilines is 1. The first-order chi connectivity index (χ1) is 12.7. The number of hydrazine groups is 1. The first-order valence-electron chi connectivity index (χ1n) is 7.63. The third kappa shape index (κ3) is 3.05. The van der Waals surface area contributed by atoms with Crippen molar-refractivity contribution in [3.63, 3.8) is 0 Å². The van der Waals surface area contributed by atoms with Crippen LogP contribution in [0.3, 0.4) is 0 Å². The monoisotopic (exact) mass is 365 g/mol. The zero-order valence-electron chi connectivity index (χ0n) is 13.3. The van der Waals surface area contributed by atoms with Crippen molar-refractivity contribution >= 4 is 34.4 Å². The molecule has 0 aliphatic heterocycles. The summed E-state index contributed by atoms with van der Waals surface area (Å²) in [7, 11) is 0. The molecular formula is C17H12ClN7O. The van der Waals surface area contributed by atoms with Gasteiger partial charge in [0.05, 0.1) is 22.8 Å². The number of hydrogen-bond acceptors (Lipinski definition) is 6. The van der Waals surface area contributed by atoms with Crippen LogP contribution in [0.15, 0.2) is 61.3 Å². The van der Waals surface area contributed by atoms with Crippen molar-refractivity contribution in [2.75, 3.05) is 5.43 Å². The maximum atomic E-state index is 12.1. The van der Waals surface area contributed by atoms with Crippen molar-refractivity contribution < 1.29 is 4.79 Å². The van der Waals surface area contributed by atoms with Crippen molar-refractivity contribution in [2.45, 2.75) is 0 Å². The van der Waals surface area contributed by atoms with Gasteiger partial charge in [0, 0.05) is 17.4 Å². The van der Waals surface area contributed by atoms with Gasteiger partial charge >= 0.3 is 0 Å². The molecule has 1 aromatic carbocycles. The zero-order chi connectivity index (χ0) is 17.9. The summed E-state index contributed by atoms with van der Waals surface area (Å²) in [5.74, 6) is 0.104. The summed E-state index contributed by atoms with van der Waals surface area (Å²) in [4.78, 5) is 24.5. The molecule has 1 amide bonds. The van der Waals surface area contributed by atoms with E-state index in [2.05, 4.69) is 30.9 Å². The number of carbonyl (C=O) groups excluding carboxylic acids is 1. The van der Waals surface area contributed by atoms with Crippen LogP contribution in [0.2, 0.25) is 5.02 Å². The molecule has 0 unspecified atom stereocenters. The van der Waals surface area contributed by atoms with Crippen LogP contribution in [0.5, 0.6) is 0 Å². The topological polar surface area (TPSA) is 97.6 Å². The number of pyridine rings is 1. The van der Waals surface area contributed by atoms with Gasteiger partial charge in [-0.05, 0) is 30.3 Å². The molecule has 8 nitrogen and oxygen atoms in total. The number of hydrogen-bond donors (Lipinski definition) is 2. The molecule has 0 aliphatic rings. The average Bonchev–Trinajstić information content (AvgIpc) is 3.11. The minimum Gasteiger partial charge on any atom is -0.281 e. The van der Waals surface area contributed by atoms with Gasteiger partial charge in [-0.25, -0.2) is 14.6 Å². The van der Waals surface area contributed by atoms with E-state index in [0.717, 1.165) is 5.69 Å². The minimum atomic E-state index is -0.327. The van der Waals surface area contributed by atoms with E-state index in [1.807, 2.05) is 12.1 Å². The Kier molecular flexibility index (Phi) is 4.16. The van der Waals surface area contributed by atoms with Gasteiger partial charge in [0.2, 0.25) is 0 Å². The van der Waals surface area contributed by atoms with Gasteiger partial charge in [0.15, 0.2) is 11.5 Å². The lowest BCUT2D eigenvalue weighted by Gasteiger charge is -2.08. The Balaban J connectivity index is 1.62. The fourth-order valence-electron chi connectivity index (χ4n) is 2.43. The second-order valence-corrected chi connectivity index (χ2v) is 5.75. The Morgan fingerprint density at radius 3 is 2.85 bits per heavy atom. The lowest BCUT2D eigenvalue weighted by molar-refractivity contribution is 0.0962. The molecule has 3 heterocycles. The molecule has 4 aromatic rings. The molecule has 2 N–H and O–H groups in total. The van der Waals surface area contributed by atoms with E-state index in [1.54, 1.807) is 41.3 Å². The Labute approximate surface area is 152 Å². The molecule has 3 aromatic heterocycles. The summed E-state index contributed by atoms with van der Waals surface area (Å²) in [6, 6.07) is 10.6. The van der Waals surface area contributed by atoms with Crippen LogP contribution < -0.4 is 10.9 Å². The number of aromatic nitrogens is 5. The molecule has 0 saturated carbocycles. The van der Waals surface area contributed by atoms with E-state index < -0.39 is 0 Å². The number of carbonyl (C=O) groups is 1. The summed E-state index contributed by atoms with van der Waals surface area (Å²) < 4.78 is 1.65. The van der Waals surface area contributed by atoms with Crippen LogP contribution in [0, 0.1) is 0 Å². The summed E-state index contributed by atoms with van der Waals surface area (Å²) in [6.45, 7) is 0. The Morgan fingerprint density at radius 1 is 1.12 bits per heavy atom. The predicted molar refractivity (Wildman–Crippen MR) is 97.0 cm³/mol. The first kappa shape index (κ1) is 16.0. The van der Waals surface area contributed by atoms with Crippen molar-refractivity contribution in [2.24, 2.45) is 0 Å². The highest BCUT2D eigenvalue weighted by molar-refractivity contribution is 6.30. The van der Waals surface area contributed by atoms with Crippen LogP contribution in [-0.4, -0.2) is 30.6 Å². The van der Waals surface area contributed by atoms with Gasteiger partial charge in [-0.1, -0.05) is 17.7 Å². The quantitative estimate of drug-likeness (QED) is 0.539. The maximum Gasteiger partial charge on any atom is 0.271 e. The Hall–Kier alpha value is -3.52. The molecule has 0 atom stereocenters. The van der Waals surface area contributed by atoms with E-state index in [9.17, 15) is 4.79 Å². The summed E-state index contributed by atoms with van der Waals surface area (Å²) in [5.41, 5.74) is 7.18. The molecule has 9 heteroatoms. The molecule has 0 radical (unpaired) electrons. The molecule has 0 aliphatic carbocycles. The molecule has 26 heavy (non-hydrogen) atoms. The minimum absolute atomic E-state index is 0.327. The summed E-state index contributed by atoms with van der Waals surface area (Å²) >= 11 is 6.05. The normalized spacial score (nSPS) is 10.7. The fourth-order valence-corrected chi connectivity index (χ4v) is 2.61. The Morgan fingerprint density at radius 2 is 2.04 bits per heavy atom. The number of amides is 1. The third-order valence-electron chi connectivity index (χ3n) is 3.64. The van der Waals surface area contributed by atoms with E-state index in [-0.39, 0.29) is 5.91 Å². The second-order valence-electron chi connectivity index (χ2n) is 5.32. The highest BCUT2D eigenvalue weighted by atomic mass is 35.5. The van der Waals surface area contributed by atoms with Gasteiger partial charge in [-0.3, -0.25) is 20.6 Å². The van der Waals surface area contributed by atoms with Crippen molar-refractivity contribution in [3.05, 3.63) is 71.9 Å². The number of rotatable bonds is 4. The van der Waals surface area contributed by atoms with E-state index >= 15 is 0 Å². The predicted octanol–water partition coefficient (Wildman–Crippen LogP) is 2.62. The fraction of sp³-hybridized carbons (Fsp3) is 0. The average molecular weight is 366 g/mol. The molecule has 0 saturated heterocycles. The highest BCUT2D eigenvalue weighted by Crippen LogP contribution is 2.22. The maximum absolute atomic E-state index is 12.1. The third-order valence-corrected chi connectivity index (χ3v) is 3.87. The van der Waals surface area contributed by atoms with Gasteiger partial charge in [-0.15, -0.1) is 0 Å². The number of halogens is 1. The smallest absolute Gasteiger partial charge is 0.271 e. The van der Waals surface area contributed by atoms with Crippen LogP contribution in [-0.2, 0) is 0 Å². The SMILES string of the molecule is O=C(NNc1ncnc2c1cnn2-c1cccc(Cl)c1)c1cccnc1. The lowest BCUT2D eigenvalue weighted by Crippen LogP contribution is -2.30. The number of nitrogens with zero attached hydrogens (tertiary/aromatic N) is 5. The number of nitrogens with one attached hydrogen (secondary N) is 2. The van der Waals surface area contributed by atoms with E-state index in [4.69, 9.17) is 11.6 Å². The molecule has 0 spiro atoms. The lowest BCUT2D eigenvalue weighted by atomic mass is 10.3. The van der Waals surface area contributed by atoms with Gasteiger partial charge < -0.3 is 0 Å². The molecule has 4 rings (SSSR count). The second kappa shape index (κ2) is 6.77. The molecule has 0 bridgehead atoms. The molecular weight excluding hydrogens is 354 g/mol. The molecule has 128 valence electrons. The van der Waals surface area contributed by atoms with Gasteiger partial charge in [-0.2, -0.15) is 5.10 Å². The Bertz CT molecular complexity index is 1080. The zero-order valence-corrected chi connectivity index (χ0v) is 14.1.